The van der Waals surface area contributed by atoms with Crippen molar-refractivity contribution in [3.8, 4) is 0 Å². The van der Waals surface area contributed by atoms with Gasteiger partial charge in [0.05, 0.1) is 23.3 Å². The van der Waals surface area contributed by atoms with Gasteiger partial charge < -0.3 is 9.47 Å². The Balaban J connectivity index is 2.47. The SMILES string of the molecule is Cc1ccc2c(C(=O)OC(C)C)c3ccc(C)cc3c(C(=O)OC(C)C)c2c1. The van der Waals surface area contributed by atoms with Crippen molar-refractivity contribution >= 4 is 33.5 Å². The molecule has 0 bridgehead atoms. The minimum absolute atomic E-state index is 0.237. The number of aryl methyl sites for hydroxylation is 2. The van der Waals surface area contributed by atoms with Crippen molar-refractivity contribution in [2.75, 3.05) is 0 Å². The Hall–Kier alpha value is -2.88. The van der Waals surface area contributed by atoms with E-state index in [0.717, 1.165) is 11.1 Å². The molecule has 3 aromatic rings. The lowest BCUT2D eigenvalue weighted by atomic mass is 9.90. The Morgan fingerprint density at radius 3 is 1.36 bits per heavy atom. The van der Waals surface area contributed by atoms with Gasteiger partial charge in [0.2, 0.25) is 0 Å². The molecule has 0 atom stereocenters. The lowest BCUT2D eigenvalue weighted by Crippen LogP contribution is -2.16. The van der Waals surface area contributed by atoms with Crippen LogP contribution in [0.2, 0.25) is 0 Å². The standard InChI is InChI=1S/C24H26O4/c1-13(2)27-23(25)21-17-9-7-15(5)11-19(17)22(24(26)28-14(3)4)20-12-16(6)8-10-18(20)21/h7-14H,1-6H3. The molecule has 28 heavy (non-hydrogen) atoms. The van der Waals surface area contributed by atoms with Crippen LogP contribution in [0.3, 0.4) is 0 Å². The number of ether oxygens (including phenoxy) is 2. The number of hydrogen-bond acceptors (Lipinski definition) is 4. The molecule has 0 aliphatic carbocycles. The maximum absolute atomic E-state index is 13.0. The van der Waals surface area contributed by atoms with Crippen molar-refractivity contribution in [2.45, 2.75) is 53.8 Å². The summed E-state index contributed by atoms with van der Waals surface area (Å²) in [7, 11) is 0. The summed E-state index contributed by atoms with van der Waals surface area (Å²) in [5.41, 5.74) is 2.98. The summed E-state index contributed by atoms with van der Waals surface area (Å²) in [6, 6.07) is 11.5. The first-order chi connectivity index (χ1) is 13.2. The fourth-order valence-electron chi connectivity index (χ4n) is 3.44. The van der Waals surface area contributed by atoms with E-state index in [0.29, 0.717) is 32.7 Å². The van der Waals surface area contributed by atoms with Crippen molar-refractivity contribution in [3.63, 3.8) is 0 Å². The Morgan fingerprint density at radius 2 is 1.00 bits per heavy atom. The molecule has 0 radical (unpaired) electrons. The van der Waals surface area contributed by atoms with E-state index < -0.39 is 0 Å². The van der Waals surface area contributed by atoms with Crippen molar-refractivity contribution < 1.29 is 19.1 Å². The third kappa shape index (κ3) is 3.72. The largest absolute Gasteiger partial charge is 0.459 e. The minimum Gasteiger partial charge on any atom is -0.459 e. The van der Waals surface area contributed by atoms with Crippen LogP contribution in [0.5, 0.6) is 0 Å². The quantitative estimate of drug-likeness (QED) is 0.429. The summed E-state index contributed by atoms with van der Waals surface area (Å²) >= 11 is 0. The van der Waals surface area contributed by atoms with E-state index >= 15 is 0 Å². The molecule has 0 heterocycles. The molecule has 0 aromatic heterocycles. The van der Waals surface area contributed by atoms with Gasteiger partial charge in [-0.3, -0.25) is 0 Å². The van der Waals surface area contributed by atoms with Crippen molar-refractivity contribution in [1.82, 2.24) is 0 Å². The average molecular weight is 378 g/mol. The molecule has 0 N–H and O–H groups in total. The van der Waals surface area contributed by atoms with Crippen LogP contribution in [-0.2, 0) is 9.47 Å². The Bertz CT molecular complexity index is 1010. The number of carbonyl (C=O) groups is 2. The Labute approximate surface area is 165 Å². The van der Waals surface area contributed by atoms with Crippen LogP contribution in [0, 0.1) is 13.8 Å². The number of esters is 2. The average Bonchev–Trinajstić information content (AvgIpc) is 2.57. The monoisotopic (exact) mass is 378 g/mol. The predicted octanol–water partition coefficient (Wildman–Crippen LogP) is 5.74. The lowest BCUT2D eigenvalue weighted by molar-refractivity contribution is 0.0368. The van der Waals surface area contributed by atoms with E-state index in [1.807, 2.05) is 77.9 Å². The molecule has 4 nitrogen and oxygen atoms in total. The van der Waals surface area contributed by atoms with E-state index in [9.17, 15) is 9.59 Å². The zero-order valence-electron chi connectivity index (χ0n) is 17.3. The lowest BCUT2D eigenvalue weighted by Gasteiger charge is -2.18. The summed E-state index contributed by atoms with van der Waals surface area (Å²) in [6.45, 7) is 11.2. The fraction of sp³-hybridized carbons (Fsp3) is 0.333. The summed E-state index contributed by atoms with van der Waals surface area (Å²) in [5, 5.41) is 2.81. The molecule has 0 saturated carbocycles. The van der Waals surface area contributed by atoms with Crippen LogP contribution < -0.4 is 0 Å². The van der Waals surface area contributed by atoms with Gasteiger partial charge in [-0.2, -0.15) is 0 Å². The molecule has 0 saturated heterocycles. The molecule has 0 aliphatic heterocycles. The molecule has 0 amide bonds. The molecular formula is C24H26O4. The van der Waals surface area contributed by atoms with Crippen molar-refractivity contribution in [2.24, 2.45) is 0 Å². The van der Waals surface area contributed by atoms with Gasteiger partial charge in [0.25, 0.3) is 0 Å². The number of benzene rings is 3. The van der Waals surface area contributed by atoms with E-state index in [-0.39, 0.29) is 24.1 Å². The molecule has 3 rings (SSSR count). The van der Waals surface area contributed by atoms with Gasteiger partial charge in [0.15, 0.2) is 0 Å². The summed E-state index contributed by atoms with van der Waals surface area (Å²) < 4.78 is 11.1. The van der Waals surface area contributed by atoms with Gasteiger partial charge in [-0.15, -0.1) is 0 Å². The van der Waals surface area contributed by atoms with Gasteiger partial charge >= 0.3 is 11.9 Å². The highest BCUT2D eigenvalue weighted by Gasteiger charge is 2.25. The van der Waals surface area contributed by atoms with Crippen molar-refractivity contribution in [3.05, 3.63) is 58.7 Å². The molecular weight excluding hydrogens is 352 g/mol. The first kappa shape index (κ1) is 19.9. The van der Waals surface area contributed by atoms with Crippen LogP contribution in [0.4, 0.5) is 0 Å². The maximum atomic E-state index is 13.0. The van der Waals surface area contributed by atoms with Gasteiger partial charge in [-0.05, 0) is 63.1 Å². The second-order valence-corrected chi connectivity index (χ2v) is 7.76. The van der Waals surface area contributed by atoms with Crippen LogP contribution in [0.15, 0.2) is 36.4 Å². The van der Waals surface area contributed by atoms with Crippen molar-refractivity contribution in [1.29, 1.82) is 0 Å². The maximum Gasteiger partial charge on any atom is 0.339 e. The summed E-state index contributed by atoms with van der Waals surface area (Å²) in [6.07, 6.45) is -0.475. The van der Waals surface area contributed by atoms with Crippen LogP contribution in [0.25, 0.3) is 21.5 Å². The van der Waals surface area contributed by atoms with Crippen LogP contribution >= 0.6 is 0 Å². The Kier molecular flexibility index (Phi) is 5.41. The van der Waals surface area contributed by atoms with Gasteiger partial charge in [0, 0.05) is 0 Å². The highest BCUT2D eigenvalue weighted by atomic mass is 16.5. The van der Waals surface area contributed by atoms with E-state index in [2.05, 4.69) is 0 Å². The molecule has 3 aromatic carbocycles. The van der Waals surface area contributed by atoms with E-state index in [1.165, 1.54) is 0 Å². The molecule has 146 valence electrons. The van der Waals surface area contributed by atoms with Crippen LogP contribution in [0.1, 0.15) is 59.5 Å². The summed E-state index contributed by atoms with van der Waals surface area (Å²) in [4.78, 5) is 26.0. The summed E-state index contributed by atoms with van der Waals surface area (Å²) in [5.74, 6) is -0.772. The smallest absolute Gasteiger partial charge is 0.339 e. The van der Waals surface area contributed by atoms with Gasteiger partial charge in [-0.1, -0.05) is 47.5 Å². The number of hydrogen-bond donors (Lipinski definition) is 0. The number of carbonyl (C=O) groups excluding carboxylic acids is 2. The van der Waals surface area contributed by atoms with E-state index in [4.69, 9.17) is 9.47 Å². The Morgan fingerprint density at radius 1 is 0.643 bits per heavy atom. The van der Waals surface area contributed by atoms with E-state index in [1.54, 1.807) is 0 Å². The third-order valence-corrected chi connectivity index (χ3v) is 4.52. The second-order valence-electron chi connectivity index (χ2n) is 7.76. The third-order valence-electron chi connectivity index (χ3n) is 4.52. The molecule has 0 fully saturated rings. The molecule has 0 unspecified atom stereocenters. The topological polar surface area (TPSA) is 52.6 Å². The molecule has 0 spiro atoms. The zero-order valence-corrected chi connectivity index (χ0v) is 17.3. The highest BCUT2D eigenvalue weighted by molar-refractivity contribution is 6.24. The molecule has 0 aliphatic rings. The van der Waals surface area contributed by atoms with Gasteiger partial charge in [0.1, 0.15) is 0 Å². The number of fused-ring (bicyclic) bond motifs is 2. The fourth-order valence-corrected chi connectivity index (χ4v) is 3.44. The minimum atomic E-state index is -0.388. The molecule has 4 heteroatoms. The first-order valence-electron chi connectivity index (χ1n) is 9.57. The van der Waals surface area contributed by atoms with Gasteiger partial charge in [-0.25, -0.2) is 9.59 Å². The highest BCUT2D eigenvalue weighted by Crippen LogP contribution is 2.35. The van der Waals surface area contributed by atoms with Crippen LogP contribution in [-0.4, -0.2) is 24.1 Å². The zero-order chi connectivity index (χ0) is 20.6. The number of rotatable bonds is 4. The first-order valence-corrected chi connectivity index (χ1v) is 9.57. The normalized spacial score (nSPS) is 11.4. The second kappa shape index (κ2) is 7.63. The predicted molar refractivity (Wildman–Crippen MR) is 112 cm³/mol.